The fraction of sp³-hybridized carbons (Fsp3) is 0.500. The minimum atomic E-state index is 0.0806. The molecule has 1 unspecified atom stereocenters. The number of piperazine rings is 1. The fourth-order valence-electron chi connectivity index (χ4n) is 5.09. The Balaban J connectivity index is 1.06. The van der Waals surface area contributed by atoms with Crippen LogP contribution in [0.2, 0.25) is 0 Å². The largest absolute Gasteiger partial charge is 0.454 e. The van der Waals surface area contributed by atoms with Gasteiger partial charge in [0.05, 0.1) is 0 Å². The Morgan fingerprint density at radius 2 is 1.76 bits per heavy atom. The van der Waals surface area contributed by atoms with Crippen LogP contribution in [0, 0.1) is 0 Å². The fourth-order valence-corrected chi connectivity index (χ4v) is 5.09. The Morgan fingerprint density at radius 3 is 2.61 bits per heavy atom. The highest BCUT2D eigenvalue weighted by molar-refractivity contribution is 5.74. The zero-order valence-electron chi connectivity index (χ0n) is 19.2. The van der Waals surface area contributed by atoms with E-state index >= 15 is 0 Å². The zero-order chi connectivity index (χ0) is 22.5. The van der Waals surface area contributed by atoms with E-state index in [0.29, 0.717) is 19.4 Å². The Kier molecular flexibility index (Phi) is 6.98. The van der Waals surface area contributed by atoms with Crippen molar-refractivity contribution in [3.8, 4) is 11.5 Å². The average Bonchev–Trinajstić information content (AvgIpc) is 3.33. The van der Waals surface area contributed by atoms with E-state index in [0.717, 1.165) is 70.2 Å². The van der Waals surface area contributed by atoms with E-state index in [9.17, 15) is 4.79 Å². The van der Waals surface area contributed by atoms with Crippen LogP contribution < -0.4 is 14.8 Å². The number of hydrogen-bond donors (Lipinski definition) is 1. The molecule has 0 aromatic heterocycles. The van der Waals surface area contributed by atoms with Crippen LogP contribution in [0.1, 0.15) is 24.0 Å². The highest BCUT2D eigenvalue weighted by Gasteiger charge is 2.30. The Morgan fingerprint density at radius 1 is 0.939 bits per heavy atom. The van der Waals surface area contributed by atoms with Crippen molar-refractivity contribution < 1.29 is 14.3 Å². The summed E-state index contributed by atoms with van der Waals surface area (Å²) in [6.45, 7) is 7.84. The number of piperidine rings is 1. The normalized spacial score (nSPS) is 21.2. The van der Waals surface area contributed by atoms with Gasteiger partial charge in [0.1, 0.15) is 0 Å². The molecule has 7 nitrogen and oxygen atoms in total. The third-order valence-corrected chi connectivity index (χ3v) is 6.98. The Labute approximate surface area is 196 Å². The summed E-state index contributed by atoms with van der Waals surface area (Å²) >= 11 is 0. The van der Waals surface area contributed by atoms with Crippen molar-refractivity contribution in [2.75, 3.05) is 52.6 Å². The maximum absolute atomic E-state index is 12.7. The highest BCUT2D eigenvalue weighted by atomic mass is 16.7. The SMILES string of the molecule is O=C(NCCc1ccccc1)N1CCCC(N2CCN(Cc3ccc4c(c3)OCO4)CC2)C1. The molecule has 2 aromatic rings. The first-order valence-corrected chi connectivity index (χ1v) is 12.2. The average molecular weight is 451 g/mol. The van der Waals surface area contributed by atoms with Gasteiger partial charge in [0, 0.05) is 58.4 Å². The molecule has 2 aromatic carbocycles. The Hall–Kier alpha value is -2.77. The number of nitrogens with zero attached hydrogens (tertiary/aromatic N) is 3. The number of carbonyl (C=O) groups excluding carboxylic acids is 1. The van der Waals surface area contributed by atoms with Gasteiger partial charge in [-0.3, -0.25) is 9.80 Å². The first kappa shape index (κ1) is 22.0. The summed E-state index contributed by atoms with van der Waals surface area (Å²) in [5, 5.41) is 3.12. The number of ether oxygens (including phenoxy) is 2. The molecule has 1 N–H and O–H groups in total. The molecule has 0 aliphatic carbocycles. The summed E-state index contributed by atoms with van der Waals surface area (Å²) in [5.41, 5.74) is 2.52. The van der Waals surface area contributed by atoms with E-state index < -0.39 is 0 Å². The lowest BCUT2D eigenvalue weighted by Gasteiger charge is -2.43. The van der Waals surface area contributed by atoms with Crippen LogP contribution in [-0.4, -0.2) is 79.4 Å². The van der Waals surface area contributed by atoms with Crippen LogP contribution >= 0.6 is 0 Å². The van der Waals surface area contributed by atoms with Crippen LogP contribution in [0.3, 0.4) is 0 Å². The van der Waals surface area contributed by atoms with Gasteiger partial charge in [0.2, 0.25) is 6.79 Å². The molecule has 0 bridgehead atoms. The number of amides is 2. The van der Waals surface area contributed by atoms with Crippen molar-refractivity contribution >= 4 is 6.03 Å². The molecule has 1 atom stereocenters. The first-order chi connectivity index (χ1) is 16.2. The van der Waals surface area contributed by atoms with Crippen LogP contribution in [0.5, 0.6) is 11.5 Å². The second kappa shape index (κ2) is 10.4. The molecular formula is C26H34N4O3. The van der Waals surface area contributed by atoms with E-state index in [4.69, 9.17) is 9.47 Å². The van der Waals surface area contributed by atoms with E-state index in [1.165, 1.54) is 17.5 Å². The molecule has 3 heterocycles. The molecule has 0 radical (unpaired) electrons. The number of likely N-dealkylation sites (tertiary alicyclic amines) is 1. The molecular weight excluding hydrogens is 416 g/mol. The van der Waals surface area contributed by atoms with E-state index in [1.807, 2.05) is 29.2 Å². The summed E-state index contributed by atoms with van der Waals surface area (Å²) in [7, 11) is 0. The van der Waals surface area contributed by atoms with E-state index in [2.05, 4.69) is 39.4 Å². The number of rotatable bonds is 6. The monoisotopic (exact) mass is 450 g/mol. The summed E-state index contributed by atoms with van der Waals surface area (Å²) in [6.07, 6.45) is 3.12. The summed E-state index contributed by atoms with van der Waals surface area (Å²) in [4.78, 5) is 19.8. The van der Waals surface area contributed by atoms with Crippen molar-refractivity contribution in [2.24, 2.45) is 0 Å². The summed E-state index contributed by atoms with van der Waals surface area (Å²) in [5.74, 6) is 1.70. The topological polar surface area (TPSA) is 57.3 Å². The Bertz CT molecular complexity index is 930. The molecule has 2 fully saturated rings. The molecule has 2 saturated heterocycles. The van der Waals surface area contributed by atoms with Crippen LogP contribution in [0.15, 0.2) is 48.5 Å². The number of urea groups is 1. The zero-order valence-corrected chi connectivity index (χ0v) is 19.2. The van der Waals surface area contributed by atoms with Crippen molar-refractivity contribution in [2.45, 2.75) is 31.8 Å². The van der Waals surface area contributed by atoms with Crippen molar-refractivity contribution in [3.63, 3.8) is 0 Å². The predicted molar refractivity (Wildman–Crippen MR) is 128 cm³/mol. The van der Waals surface area contributed by atoms with Gasteiger partial charge in [-0.2, -0.15) is 0 Å². The second-order valence-electron chi connectivity index (χ2n) is 9.21. The molecule has 176 valence electrons. The van der Waals surface area contributed by atoms with Crippen LogP contribution in [-0.2, 0) is 13.0 Å². The van der Waals surface area contributed by atoms with Gasteiger partial charge in [-0.05, 0) is 42.5 Å². The van der Waals surface area contributed by atoms with Gasteiger partial charge in [-0.15, -0.1) is 0 Å². The summed E-state index contributed by atoms with van der Waals surface area (Å²) < 4.78 is 10.9. The van der Waals surface area contributed by atoms with Crippen molar-refractivity contribution in [3.05, 3.63) is 59.7 Å². The maximum atomic E-state index is 12.7. The number of hydrogen-bond acceptors (Lipinski definition) is 5. The minimum Gasteiger partial charge on any atom is -0.454 e. The third kappa shape index (κ3) is 5.60. The number of benzene rings is 2. The van der Waals surface area contributed by atoms with Gasteiger partial charge in [0.25, 0.3) is 0 Å². The van der Waals surface area contributed by atoms with Gasteiger partial charge in [-0.1, -0.05) is 36.4 Å². The molecule has 0 spiro atoms. The van der Waals surface area contributed by atoms with Gasteiger partial charge in [0.15, 0.2) is 11.5 Å². The molecule has 7 heteroatoms. The van der Waals surface area contributed by atoms with Gasteiger partial charge in [-0.25, -0.2) is 4.79 Å². The predicted octanol–water partition coefficient (Wildman–Crippen LogP) is 2.95. The highest BCUT2D eigenvalue weighted by Crippen LogP contribution is 2.33. The van der Waals surface area contributed by atoms with Gasteiger partial charge < -0.3 is 19.7 Å². The van der Waals surface area contributed by atoms with E-state index in [-0.39, 0.29) is 6.03 Å². The van der Waals surface area contributed by atoms with E-state index in [1.54, 1.807) is 0 Å². The molecule has 3 aliphatic heterocycles. The number of nitrogens with one attached hydrogen (secondary N) is 1. The van der Waals surface area contributed by atoms with Crippen molar-refractivity contribution in [1.29, 1.82) is 0 Å². The standard InChI is InChI=1S/C26H34N4O3/c31-26(27-11-10-21-5-2-1-3-6-21)30-12-4-7-23(19-30)29-15-13-28(14-16-29)18-22-8-9-24-25(17-22)33-20-32-24/h1-3,5-6,8-9,17,23H,4,7,10-16,18-20H2,(H,27,31). The lowest BCUT2D eigenvalue weighted by Crippen LogP contribution is -2.56. The van der Waals surface area contributed by atoms with Crippen LogP contribution in [0.4, 0.5) is 4.79 Å². The summed E-state index contributed by atoms with van der Waals surface area (Å²) in [6, 6.07) is 17.1. The molecule has 3 aliphatic rings. The maximum Gasteiger partial charge on any atom is 0.317 e. The second-order valence-corrected chi connectivity index (χ2v) is 9.21. The molecule has 33 heavy (non-hydrogen) atoms. The minimum absolute atomic E-state index is 0.0806. The third-order valence-electron chi connectivity index (χ3n) is 6.98. The lowest BCUT2D eigenvalue weighted by atomic mass is 10.0. The molecule has 5 rings (SSSR count). The molecule has 0 saturated carbocycles. The van der Waals surface area contributed by atoms with Gasteiger partial charge >= 0.3 is 6.03 Å². The lowest BCUT2D eigenvalue weighted by molar-refractivity contribution is 0.0581. The smallest absolute Gasteiger partial charge is 0.317 e. The molecule has 2 amide bonds. The number of fused-ring (bicyclic) bond motifs is 1. The quantitative estimate of drug-likeness (QED) is 0.733. The van der Waals surface area contributed by atoms with Crippen LogP contribution in [0.25, 0.3) is 0 Å². The number of carbonyl (C=O) groups is 1. The van der Waals surface area contributed by atoms with Crippen molar-refractivity contribution in [1.82, 2.24) is 20.0 Å². The first-order valence-electron chi connectivity index (χ1n) is 12.2.